The second kappa shape index (κ2) is 8.96. The summed E-state index contributed by atoms with van der Waals surface area (Å²) in [5.74, 6) is 0.878. The first-order chi connectivity index (χ1) is 15.6. The van der Waals surface area contributed by atoms with Crippen LogP contribution in [0.4, 0.5) is 10.1 Å². The van der Waals surface area contributed by atoms with Crippen LogP contribution in [0.2, 0.25) is 0 Å². The minimum absolute atomic E-state index is 0.213. The lowest BCUT2D eigenvalue weighted by molar-refractivity contribution is -0.113. The van der Waals surface area contributed by atoms with Crippen molar-refractivity contribution in [3.63, 3.8) is 0 Å². The number of amidine groups is 1. The number of carbonyl (C=O) groups is 1. The second-order valence-corrected chi connectivity index (χ2v) is 9.37. The minimum Gasteiger partial charge on any atom is -0.457 e. The summed E-state index contributed by atoms with van der Waals surface area (Å²) in [5, 5.41) is 0.689. The Morgan fingerprint density at radius 2 is 1.69 bits per heavy atom. The Kier molecular flexibility index (Phi) is 5.89. The van der Waals surface area contributed by atoms with Crippen LogP contribution in [0.1, 0.15) is 5.76 Å². The van der Waals surface area contributed by atoms with Crippen LogP contribution < -0.4 is 4.90 Å². The van der Waals surface area contributed by atoms with Crippen LogP contribution in [-0.4, -0.2) is 42.2 Å². The maximum absolute atomic E-state index is 14.1. The summed E-state index contributed by atoms with van der Waals surface area (Å²) in [5.41, 5.74) is 1.58. The molecule has 0 aliphatic carbocycles. The molecular formula is C24H19BrFN3O2S. The predicted molar refractivity (Wildman–Crippen MR) is 130 cm³/mol. The fourth-order valence-electron chi connectivity index (χ4n) is 3.71. The van der Waals surface area contributed by atoms with Crippen molar-refractivity contribution in [2.45, 2.75) is 0 Å². The summed E-state index contributed by atoms with van der Waals surface area (Å²) >= 11 is 4.78. The normalized spacial score (nSPS) is 17.9. The van der Waals surface area contributed by atoms with E-state index in [1.807, 2.05) is 47.4 Å². The lowest BCUT2D eigenvalue weighted by atomic mass is 10.2. The number of hydrogen-bond acceptors (Lipinski definition) is 5. The van der Waals surface area contributed by atoms with Gasteiger partial charge in [0.1, 0.15) is 17.3 Å². The quantitative estimate of drug-likeness (QED) is 0.425. The Hall–Kier alpha value is -2.84. The SMILES string of the molecule is O=C1N=C(N2CCN(c3ccccc3F)CC2)SC1=Cc1ccc(-c2ccc(Br)cc2)o1. The average molecular weight is 512 g/mol. The number of halogens is 2. The molecule has 3 aromatic rings. The number of para-hydroxylation sites is 1. The van der Waals surface area contributed by atoms with Crippen molar-refractivity contribution in [1.82, 2.24) is 4.90 Å². The first kappa shape index (κ1) is 21.0. The molecule has 0 spiro atoms. The number of carbonyl (C=O) groups excluding carboxylic acids is 1. The minimum atomic E-state index is -0.261. The summed E-state index contributed by atoms with van der Waals surface area (Å²) in [6.07, 6.45) is 1.74. The fourth-order valence-corrected chi connectivity index (χ4v) is 4.92. The van der Waals surface area contributed by atoms with E-state index in [1.54, 1.807) is 18.2 Å². The van der Waals surface area contributed by atoms with E-state index in [0.717, 1.165) is 15.8 Å². The third kappa shape index (κ3) is 4.38. The van der Waals surface area contributed by atoms with E-state index in [4.69, 9.17) is 4.42 Å². The van der Waals surface area contributed by atoms with Crippen LogP contribution >= 0.6 is 27.7 Å². The maximum Gasteiger partial charge on any atom is 0.286 e. The third-order valence-corrected chi connectivity index (χ3v) is 6.95. The van der Waals surface area contributed by atoms with Crippen LogP contribution in [0.25, 0.3) is 17.4 Å². The van der Waals surface area contributed by atoms with Crippen LogP contribution in [-0.2, 0) is 4.79 Å². The van der Waals surface area contributed by atoms with Crippen LogP contribution in [0.5, 0.6) is 0 Å². The van der Waals surface area contributed by atoms with E-state index < -0.39 is 0 Å². The summed E-state index contributed by atoms with van der Waals surface area (Å²) in [6.45, 7) is 2.69. The Labute approximate surface area is 197 Å². The molecule has 1 fully saturated rings. The molecule has 8 heteroatoms. The van der Waals surface area contributed by atoms with Gasteiger partial charge in [0.05, 0.1) is 10.6 Å². The number of rotatable bonds is 3. The number of hydrogen-bond donors (Lipinski definition) is 0. The fraction of sp³-hybridized carbons (Fsp3) is 0.167. The zero-order valence-corrected chi connectivity index (χ0v) is 19.4. The van der Waals surface area contributed by atoms with Crippen molar-refractivity contribution in [2.75, 3.05) is 31.1 Å². The van der Waals surface area contributed by atoms with Crippen molar-refractivity contribution in [3.8, 4) is 11.3 Å². The highest BCUT2D eigenvalue weighted by atomic mass is 79.9. The Morgan fingerprint density at radius 3 is 2.44 bits per heavy atom. The lowest BCUT2D eigenvalue weighted by Crippen LogP contribution is -2.48. The molecule has 0 bridgehead atoms. The molecule has 1 aromatic heterocycles. The molecule has 162 valence electrons. The smallest absolute Gasteiger partial charge is 0.286 e. The molecule has 2 aliphatic heterocycles. The standard InChI is InChI=1S/C24H19BrFN3O2S/c25-17-7-5-16(6-8-17)21-10-9-18(31-21)15-22-23(30)27-24(32-22)29-13-11-28(12-14-29)20-4-2-1-3-19(20)26/h1-10,15H,11-14H2. The van der Waals surface area contributed by atoms with Crippen molar-refractivity contribution in [1.29, 1.82) is 0 Å². The van der Waals surface area contributed by atoms with Gasteiger partial charge in [0, 0.05) is 42.3 Å². The summed E-state index contributed by atoms with van der Waals surface area (Å²) in [4.78, 5) is 21.3. The number of amides is 1. The van der Waals surface area contributed by atoms with E-state index in [9.17, 15) is 9.18 Å². The van der Waals surface area contributed by atoms with E-state index >= 15 is 0 Å². The highest BCUT2D eigenvalue weighted by Gasteiger charge is 2.29. The molecule has 2 aliphatic rings. The molecule has 32 heavy (non-hydrogen) atoms. The van der Waals surface area contributed by atoms with Gasteiger partial charge in [0.2, 0.25) is 0 Å². The van der Waals surface area contributed by atoms with Gasteiger partial charge in [-0.15, -0.1) is 0 Å². The topological polar surface area (TPSA) is 49.1 Å². The van der Waals surface area contributed by atoms with Gasteiger partial charge < -0.3 is 14.2 Å². The average Bonchev–Trinajstić information content (AvgIpc) is 3.42. The molecule has 3 heterocycles. The van der Waals surface area contributed by atoms with Crippen molar-refractivity contribution >= 4 is 50.5 Å². The van der Waals surface area contributed by atoms with Gasteiger partial charge in [-0.25, -0.2) is 4.39 Å². The number of anilines is 1. The number of thioether (sulfide) groups is 1. The van der Waals surface area contributed by atoms with Gasteiger partial charge in [-0.05, 0) is 48.2 Å². The molecule has 0 saturated carbocycles. The zero-order chi connectivity index (χ0) is 22.1. The van der Waals surface area contributed by atoms with Crippen LogP contribution in [0.15, 0.2) is 79.5 Å². The molecule has 1 saturated heterocycles. The van der Waals surface area contributed by atoms with E-state index in [1.165, 1.54) is 17.8 Å². The summed E-state index contributed by atoms with van der Waals surface area (Å²) in [6, 6.07) is 18.4. The number of aliphatic imine (C=N–C) groups is 1. The van der Waals surface area contributed by atoms with Gasteiger partial charge in [-0.1, -0.05) is 40.2 Å². The van der Waals surface area contributed by atoms with E-state index in [2.05, 4.69) is 25.8 Å². The Morgan fingerprint density at radius 1 is 0.969 bits per heavy atom. The van der Waals surface area contributed by atoms with Gasteiger partial charge in [0.15, 0.2) is 5.17 Å². The molecule has 5 rings (SSSR count). The van der Waals surface area contributed by atoms with Gasteiger partial charge in [-0.2, -0.15) is 4.99 Å². The molecule has 0 N–H and O–H groups in total. The Bertz CT molecular complexity index is 1210. The predicted octanol–water partition coefficient (Wildman–Crippen LogP) is 5.64. The molecule has 0 unspecified atom stereocenters. The largest absolute Gasteiger partial charge is 0.457 e. The van der Waals surface area contributed by atoms with Gasteiger partial charge in [0.25, 0.3) is 5.91 Å². The summed E-state index contributed by atoms with van der Waals surface area (Å²) in [7, 11) is 0. The Balaban J connectivity index is 1.24. The first-order valence-corrected chi connectivity index (χ1v) is 11.8. The van der Waals surface area contributed by atoms with Crippen molar-refractivity contribution in [3.05, 3.63) is 81.6 Å². The summed E-state index contributed by atoms with van der Waals surface area (Å²) < 4.78 is 21.0. The first-order valence-electron chi connectivity index (χ1n) is 10.2. The van der Waals surface area contributed by atoms with E-state index in [-0.39, 0.29) is 11.7 Å². The zero-order valence-electron chi connectivity index (χ0n) is 17.0. The van der Waals surface area contributed by atoms with Crippen LogP contribution in [0.3, 0.4) is 0 Å². The molecule has 0 atom stereocenters. The lowest BCUT2D eigenvalue weighted by Gasteiger charge is -2.36. The van der Waals surface area contributed by atoms with Crippen LogP contribution in [0, 0.1) is 5.82 Å². The van der Waals surface area contributed by atoms with Gasteiger partial charge in [-0.3, -0.25) is 4.79 Å². The number of nitrogens with zero attached hydrogens (tertiary/aromatic N) is 3. The molecule has 2 aromatic carbocycles. The van der Waals surface area contributed by atoms with Crippen molar-refractivity contribution < 1.29 is 13.6 Å². The highest BCUT2D eigenvalue weighted by Crippen LogP contribution is 2.33. The van der Waals surface area contributed by atoms with E-state index in [0.29, 0.717) is 47.7 Å². The number of piperazine rings is 1. The maximum atomic E-state index is 14.1. The highest BCUT2D eigenvalue weighted by molar-refractivity contribution is 9.10. The number of benzene rings is 2. The third-order valence-electron chi connectivity index (χ3n) is 5.38. The molecule has 1 amide bonds. The molecule has 5 nitrogen and oxygen atoms in total. The molecular weight excluding hydrogens is 493 g/mol. The molecule has 0 radical (unpaired) electrons. The monoisotopic (exact) mass is 511 g/mol. The number of furan rings is 1. The second-order valence-electron chi connectivity index (χ2n) is 7.44. The van der Waals surface area contributed by atoms with Crippen molar-refractivity contribution in [2.24, 2.45) is 4.99 Å². The van der Waals surface area contributed by atoms with Gasteiger partial charge >= 0.3 is 0 Å².